The fraction of sp³-hybridized carbons (Fsp3) is 1.00. The van der Waals surface area contributed by atoms with Crippen molar-refractivity contribution in [3.8, 4) is 0 Å². The van der Waals surface area contributed by atoms with Crippen molar-refractivity contribution in [3.05, 3.63) is 0 Å². The Hall–Kier alpha value is -0.160. The van der Waals surface area contributed by atoms with Gasteiger partial charge in [0.15, 0.2) is 0 Å². The molecule has 2 saturated heterocycles. The SMILES string of the molecule is CC.CCOCCN1CC(CCN2CCNCC2)C1. The van der Waals surface area contributed by atoms with Crippen LogP contribution in [-0.2, 0) is 4.74 Å². The van der Waals surface area contributed by atoms with Gasteiger partial charge in [-0.1, -0.05) is 13.8 Å². The van der Waals surface area contributed by atoms with Gasteiger partial charge in [-0.15, -0.1) is 0 Å². The number of rotatable bonds is 7. The van der Waals surface area contributed by atoms with Gasteiger partial charge in [0.2, 0.25) is 0 Å². The second kappa shape index (κ2) is 10.6. The molecular weight excluding hydrogens is 238 g/mol. The van der Waals surface area contributed by atoms with Crippen molar-refractivity contribution in [2.24, 2.45) is 5.92 Å². The summed E-state index contributed by atoms with van der Waals surface area (Å²) in [7, 11) is 0. The number of nitrogens with zero attached hydrogens (tertiary/aromatic N) is 2. The Bertz CT molecular complexity index is 202. The molecule has 114 valence electrons. The molecule has 1 N–H and O–H groups in total. The number of hydrogen-bond donors (Lipinski definition) is 1. The average Bonchev–Trinajstić information content (AvgIpc) is 2.44. The highest BCUT2D eigenvalue weighted by molar-refractivity contribution is 4.81. The molecule has 0 aliphatic carbocycles. The van der Waals surface area contributed by atoms with Crippen LogP contribution in [0.15, 0.2) is 0 Å². The summed E-state index contributed by atoms with van der Waals surface area (Å²) in [5.74, 6) is 0.937. The molecule has 0 bridgehead atoms. The van der Waals surface area contributed by atoms with Crippen LogP contribution in [-0.4, -0.2) is 75.4 Å². The number of ether oxygens (including phenoxy) is 1. The molecule has 4 heteroatoms. The lowest BCUT2D eigenvalue weighted by atomic mass is 9.96. The zero-order chi connectivity index (χ0) is 13.9. The first-order valence-corrected chi connectivity index (χ1v) is 8.11. The minimum absolute atomic E-state index is 0.847. The number of piperazine rings is 1. The zero-order valence-electron chi connectivity index (χ0n) is 13.2. The van der Waals surface area contributed by atoms with E-state index in [0.29, 0.717) is 0 Å². The Morgan fingerprint density at radius 1 is 1.05 bits per heavy atom. The molecule has 2 rings (SSSR count). The van der Waals surface area contributed by atoms with Crippen LogP contribution in [0.5, 0.6) is 0 Å². The summed E-state index contributed by atoms with van der Waals surface area (Å²) in [6.45, 7) is 17.6. The van der Waals surface area contributed by atoms with E-state index in [1.165, 1.54) is 52.2 Å². The van der Waals surface area contributed by atoms with E-state index in [1.54, 1.807) is 0 Å². The summed E-state index contributed by atoms with van der Waals surface area (Å²) in [5.41, 5.74) is 0. The van der Waals surface area contributed by atoms with E-state index in [2.05, 4.69) is 22.0 Å². The molecule has 0 saturated carbocycles. The van der Waals surface area contributed by atoms with Crippen molar-refractivity contribution >= 4 is 0 Å². The maximum atomic E-state index is 5.37. The molecule has 2 aliphatic rings. The van der Waals surface area contributed by atoms with Gasteiger partial charge in [-0.2, -0.15) is 0 Å². The molecule has 2 fully saturated rings. The highest BCUT2D eigenvalue weighted by atomic mass is 16.5. The van der Waals surface area contributed by atoms with Gasteiger partial charge in [0.25, 0.3) is 0 Å². The predicted molar refractivity (Wildman–Crippen MR) is 81.7 cm³/mol. The first-order valence-electron chi connectivity index (χ1n) is 8.11. The van der Waals surface area contributed by atoms with Crippen molar-refractivity contribution in [2.75, 3.05) is 65.6 Å². The Balaban J connectivity index is 0.000000861. The molecule has 0 radical (unpaired) electrons. The minimum Gasteiger partial charge on any atom is -0.380 e. The predicted octanol–water partition coefficient (Wildman–Crippen LogP) is 1.28. The first kappa shape index (κ1) is 16.9. The maximum Gasteiger partial charge on any atom is 0.0593 e. The molecule has 2 heterocycles. The minimum atomic E-state index is 0.847. The Labute approximate surface area is 119 Å². The Kier molecular flexibility index (Phi) is 9.43. The number of hydrogen-bond acceptors (Lipinski definition) is 4. The molecule has 0 amide bonds. The second-order valence-corrected chi connectivity index (χ2v) is 5.20. The van der Waals surface area contributed by atoms with Crippen molar-refractivity contribution in [3.63, 3.8) is 0 Å². The summed E-state index contributed by atoms with van der Waals surface area (Å²) in [4.78, 5) is 5.11. The molecule has 0 aromatic rings. The van der Waals surface area contributed by atoms with Crippen molar-refractivity contribution in [1.29, 1.82) is 0 Å². The fourth-order valence-corrected chi connectivity index (χ4v) is 2.68. The third kappa shape index (κ3) is 6.70. The molecule has 0 aromatic carbocycles. The highest BCUT2D eigenvalue weighted by Gasteiger charge is 2.26. The standard InChI is InChI=1S/C13H27N3O.C2H6/c1-2-17-10-9-16-11-13(12-16)3-6-15-7-4-14-5-8-15;1-2/h13-14H,2-12H2,1H3;1-2H3. The number of nitrogens with one attached hydrogen (secondary N) is 1. The third-order valence-electron chi connectivity index (χ3n) is 3.85. The maximum absolute atomic E-state index is 5.37. The van der Waals surface area contributed by atoms with Crippen LogP contribution in [0.3, 0.4) is 0 Å². The fourth-order valence-electron chi connectivity index (χ4n) is 2.68. The van der Waals surface area contributed by atoms with Crippen LogP contribution in [0.4, 0.5) is 0 Å². The van der Waals surface area contributed by atoms with E-state index in [4.69, 9.17) is 4.74 Å². The van der Waals surface area contributed by atoms with E-state index >= 15 is 0 Å². The van der Waals surface area contributed by atoms with Crippen LogP contribution < -0.4 is 5.32 Å². The lowest BCUT2D eigenvalue weighted by molar-refractivity contribution is 0.0439. The molecule has 0 spiro atoms. The molecule has 2 aliphatic heterocycles. The monoisotopic (exact) mass is 271 g/mol. The quantitative estimate of drug-likeness (QED) is 0.706. The largest absolute Gasteiger partial charge is 0.380 e. The van der Waals surface area contributed by atoms with Crippen LogP contribution in [0.2, 0.25) is 0 Å². The van der Waals surface area contributed by atoms with Crippen LogP contribution in [0.1, 0.15) is 27.2 Å². The van der Waals surface area contributed by atoms with Gasteiger partial charge in [0.1, 0.15) is 0 Å². The van der Waals surface area contributed by atoms with Crippen molar-refractivity contribution in [1.82, 2.24) is 15.1 Å². The third-order valence-corrected chi connectivity index (χ3v) is 3.85. The van der Waals surface area contributed by atoms with Crippen molar-refractivity contribution in [2.45, 2.75) is 27.2 Å². The zero-order valence-corrected chi connectivity index (χ0v) is 13.2. The summed E-state index contributed by atoms with van der Waals surface area (Å²) >= 11 is 0. The van der Waals surface area contributed by atoms with E-state index in [0.717, 1.165) is 25.7 Å². The van der Waals surface area contributed by atoms with E-state index in [1.807, 2.05) is 13.8 Å². The van der Waals surface area contributed by atoms with Gasteiger partial charge < -0.3 is 19.9 Å². The average molecular weight is 271 g/mol. The second-order valence-electron chi connectivity index (χ2n) is 5.20. The summed E-state index contributed by atoms with van der Waals surface area (Å²) in [5, 5.41) is 3.40. The lowest BCUT2D eigenvalue weighted by Gasteiger charge is -2.40. The summed E-state index contributed by atoms with van der Waals surface area (Å²) in [6.07, 6.45) is 1.38. The Morgan fingerprint density at radius 2 is 1.74 bits per heavy atom. The van der Waals surface area contributed by atoms with Gasteiger partial charge in [0.05, 0.1) is 6.61 Å². The molecule has 19 heavy (non-hydrogen) atoms. The Morgan fingerprint density at radius 3 is 2.37 bits per heavy atom. The first-order chi connectivity index (χ1) is 9.38. The van der Waals surface area contributed by atoms with Gasteiger partial charge in [0, 0.05) is 52.4 Å². The normalized spacial score (nSPS) is 21.6. The van der Waals surface area contributed by atoms with Crippen molar-refractivity contribution < 1.29 is 4.74 Å². The molecule has 0 unspecified atom stereocenters. The molecular formula is C15H33N3O. The van der Waals surface area contributed by atoms with Crippen LogP contribution >= 0.6 is 0 Å². The summed E-state index contributed by atoms with van der Waals surface area (Å²) < 4.78 is 5.37. The van der Waals surface area contributed by atoms with Gasteiger partial charge in [-0.05, 0) is 25.8 Å². The lowest BCUT2D eigenvalue weighted by Crippen LogP contribution is -2.50. The van der Waals surface area contributed by atoms with Crippen LogP contribution in [0, 0.1) is 5.92 Å². The topological polar surface area (TPSA) is 27.7 Å². The molecule has 4 nitrogen and oxygen atoms in total. The van der Waals surface area contributed by atoms with Crippen LogP contribution in [0.25, 0.3) is 0 Å². The summed E-state index contributed by atoms with van der Waals surface area (Å²) in [6, 6.07) is 0. The van der Waals surface area contributed by atoms with Gasteiger partial charge in [-0.3, -0.25) is 0 Å². The highest BCUT2D eigenvalue weighted by Crippen LogP contribution is 2.18. The van der Waals surface area contributed by atoms with E-state index in [9.17, 15) is 0 Å². The van der Waals surface area contributed by atoms with Gasteiger partial charge >= 0.3 is 0 Å². The van der Waals surface area contributed by atoms with E-state index < -0.39 is 0 Å². The van der Waals surface area contributed by atoms with Gasteiger partial charge in [-0.25, -0.2) is 0 Å². The number of likely N-dealkylation sites (tertiary alicyclic amines) is 1. The molecule has 0 aromatic heterocycles. The molecule has 0 atom stereocenters. The smallest absolute Gasteiger partial charge is 0.0593 e. The van der Waals surface area contributed by atoms with E-state index in [-0.39, 0.29) is 0 Å².